The van der Waals surface area contributed by atoms with Crippen molar-refractivity contribution in [3.05, 3.63) is 54.1 Å². The summed E-state index contributed by atoms with van der Waals surface area (Å²) in [5.41, 5.74) is 2.16. The van der Waals surface area contributed by atoms with Crippen LogP contribution < -0.4 is 0 Å². The number of aromatic nitrogens is 2. The highest BCUT2D eigenvalue weighted by Gasteiger charge is 2.07. The van der Waals surface area contributed by atoms with Crippen LogP contribution in [0.2, 0.25) is 0 Å². The summed E-state index contributed by atoms with van der Waals surface area (Å²) in [6, 6.07) is 5.97. The quantitative estimate of drug-likeness (QED) is 0.857. The maximum absolute atomic E-state index is 9.87. The van der Waals surface area contributed by atoms with Gasteiger partial charge in [0.1, 0.15) is 0 Å². The van der Waals surface area contributed by atoms with Gasteiger partial charge in [-0.1, -0.05) is 19.4 Å². The largest absolute Gasteiger partial charge is 0.388 e. The Morgan fingerprint density at radius 2 is 2.29 bits per heavy atom. The number of aliphatic hydroxyl groups is 1. The molecule has 1 atom stereocenters. The van der Waals surface area contributed by atoms with E-state index >= 15 is 0 Å². The van der Waals surface area contributed by atoms with E-state index < -0.39 is 0 Å². The molecule has 0 fully saturated rings. The lowest BCUT2D eigenvalue weighted by molar-refractivity contribution is 0.166. The van der Waals surface area contributed by atoms with E-state index in [1.54, 1.807) is 6.20 Å². The molecule has 2 aromatic heterocycles. The number of rotatable bonds is 5. The van der Waals surface area contributed by atoms with Crippen LogP contribution in [0.15, 0.2) is 43.0 Å². The van der Waals surface area contributed by atoms with Gasteiger partial charge in [0.2, 0.25) is 0 Å². The molecule has 0 aliphatic heterocycles. The van der Waals surface area contributed by atoms with E-state index in [2.05, 4.69) is 22.5 Å². The summed E-state index contributed by atoms with van der Waals surface area (Å²) in [6.45, 7) is 2.88. The van der Waals surface area contributed by atoms with Crippen LogP contribution in [-0.2, 0) is 6.54 Å². The van der Waals surface area contributed by atoms with Gasteiger partial charge in [-0.05, 0) is 29.7 Å². The van der Waals surface area contributed by atoms with Crippen molar-refractivity contribution in [1.82, 2.24) is 9.55 Å². The van der Waals surface area contributed by atoms with Gasteiger partial charge >= 0.3 is 0 Å². The summed E-state index contributed by atoms with van der Waals surface area (Å²) in [5, 5.41) is 9.87. The van der Waals surface area contributed by atoms with Crippen molar-refractivity contribution in [3.63, 3.8) is 0 Å². The molecule has 0 bridgehead atoms. The minimum Gasteiger partial charge on any atom is -0.388 e. The molecule has 2 heterocycles. The summed E-state index contributed by atoms with van der Waals surface area (Å²) in [5.74, 6) is 0. The lowest BCUT2D eigenvalue weighted by atomic mass is 10.1. The van der Waals surface area contributed by atoms with Gasteiger partial charge in [-0.3, -0.25) is 4.98 Å². The van der Waals surface area contributed by atoms with Crippen molar-refractivity contribution in [2.75, 3.05) is 0 Å². The Labute approximate surface area is 102 Å². The zero-order valence-electron chi connectivity index (χ0n) is 10.1. The second kappa shape index (κ2) is 5.64. The smallest absolute Gasteiger partial charge is 0.0804 e. The third-order valence-electron chi connectivity index (χ3n) is 2.81. The molecule has 90 valence electrons. The second-order valence-corrected chi connectivity index (χ2v) is 4.28. The fraction of sp³-hybridized carbons (Fsp3) is 0.357. The van der Waals surface area contributed by atoms with Crippen molar-refractivity contribution in [1.29, 1.82) is 0 Å². The first kappa shape index (κ1) is 11.9. The summed E-state index contributed by atoms with van der Waals surface area (Å²) >= 11 is 0. The highest BCUT2D eigenvalue weighted by atomic mass is 16.3. The van der Waals surface area contributed by atoms with Crippen LogP contribution in [0.25, 0.3) is 0 Å². The summed E-state index contributed by atoms with van der Waals surface area (Å²) in [6.07, 6.45) is 9.12. The van der Waals surface area contributed by atoms with Gasteiger partial charge in [-0.25, -0.2) is 0 Å². The number of pyridine rings is 1. The van der Waals surface area contributed by atoms with Crippen molar-refractivity contribution >= 4 is 0 Å². The van der Waals surface area contributed by atoms with Crippen molar-refractivity contribution in [2.45, 2.75) is 32.4 Å². The van der Waals surface area contributed by atoms with E-state index in [-0.39, 0.29) is 6.10 Å². The van der Waals surface area contributed by atoms with E-state index in [1.165, 1.54) is 5.56 Å². The van der Waals surface area contributed by atoms with E-state index in [4.69, 9.17) is 0 Å². The third kappa shape index (κ3) is 3.17. The van der Waals surface area contributed by atoms with Crippen molar-refractivity contribution in [2.24, 2.45) is 0 Å². The number of hydrogen-bond donors (Lipinski definition) is 1. The fourth-order valence-electron chi connectivity index (χ4n) is 1.90. The van der Waals surface area contributed by atoms with Crippen LogP contribution in [0.1, 0.15) is 37.0 Å². The summed E-state index contributed by atoms with van der Waals surface area (Å²) in [7, 11) is 0. The maximum Gasteiger partial charge on any atom is 0.0804 e. The third-order valence-corrected chi connectivity index (χ3v) is 2.81. The van der Waals surface area contributed by atoms with Crippen molar-refractivity contribution in [3.8, 4) is 0 Å². The Kier molecular flexibility index (Phi) is 3.94. The normalized spacial score (nSPS) is 12.6. The Morgan fingerprint density at radius 3 is 3.00 bits per heavy atom. The van der Waals surface area contributed by atoms with Gasteiger partial charge in [0.05, 0.1) is 6.10 Å². The molecule has 0 radical (unpaired) electrons. The molecule has 2 aromatic rings. The molecule has 0 aromatic carbocycles. The van der Waals surface area contributed by atoms with E-state index in [1.807, 2.05) is 30.7 Å². The molecule has 17 heavy (non-hydrogen) atoms. The topological polar surface area (TPSA) is 38.0 Å². The Balaban J connectivity index is 2.04. The minimum atomic E-state index is -0.338. The number of nitrogens with zero attached hydrogens (tertiary/aromatic N) is 2. The molecule has 2 rings (SSSR count). The molecule has 1 unspecified atom stereocenters. The minimum absolute atomic E-state index is 0.338. The molecular weight excluding hydrogens is 212 g/mol. The average molecular weight is 230 g/mol. The predicted molar refractivity (Wildman–Crippen MR) is 67.6 cm³/mol. The van der Waals surface area contributed by atoms with E-state index in [0.717, 1.165) is 24.9 Å². The van der Waals surface area contributed by atoms with Gasteiger partial charge in [0, 0.05) is 31.3 Å². The zero-order valence-corrected chi connectivity index (χ0v) is 10.1. The van der Waals surface area contributed by atoms with Crippen LogP contribution in [0, 0.1) is 0 Å². The molecule has 0 aliphatic carbocycles. The highest BCUT2D eigenvalue weighted by molar-refractivity contribution is 5.16. The molecule has 0 spiro atoms. The molecule has 0 aliphatic rings. The first-order valence-corrected chi connectivity index (χ1v) is 6.02. The lowest BCUT2D eigenvalue weighted by Crippen LogP contribution is -1.98. The van der Waals surface area contributed by atoms with Gasteiger partial charge in [0.25, 0.3) is 0 Å². The molecular formula is C14H18N2O. The van der Waals surface area contributed by atoms with Crippen LogP contribution >= 0.6 is 0 Å². The molecule has 0 saturated carbocycles. The van der Waals surface area contributed by atoms with Gasteiger partial charge < -0.3 is 9.67 Å². The van der Waals surface area contributed by atoms with Gasteiger partial charge in [-0.15, -0.1) is 0 Å². The standard InChI is InChI=1S/C14H18N2O/c1-2-4-14(17)13-6-8-16(11-13)10-12-5-3-7-15-9-12/h3,5-9,11,14,17H,2,4,10H2,1H3. The Hall–Kier alpha value is -1.61. The zero-order chi connectivity index (χ0) is 12.1. The SMILES string of the molecule is CCCC(O)c1ccn(Cc2cccnc2)c1. The highest BCUT2D eigenvalue weighted by Crippen LogP contribution is 2.18. The number of hydrogen-bond acceptors (Lipinski definition) is 2. The average Bonchev–Trinajstić information content (AvgIpc) is 2.79. The van der Waals surface area contributed by atoms with E-state index in [9.17, 15) is 5.11 Å². The molecule has 0 saturated heterocycles. The maximum atomic E-state index is 9.87. The Morgan fingerprint density at radius 1 is 1.41 bits per heavy atom. The summed E-state index contributed by atoms with van der Waals surface area (Å²) in [4.78, 5) is 4.09. The molecule has 1 N–H and O–H groups in total. The first-order valence-electron chi connectivity index (χ1n) is 6.02. The molecule has 3 heteroatoms. The summed E-state index contributed by atoms with van der Waals surface area (Å²) < 4.78 is 2.07. The van der Waals surface area contributed by atoms with Crippen LogP contribution in [0.5, 0.6) is 0 Å². The van der Waals surface area contributed by atoms with Crippen LogP contribution in [-0.4, -0.2) is 14.7 Å². The monoisotopic (exact) mass is 230 g/mol. The predicted octanol–water partition coefficient (Wildman–Crippen LogP) is 2.76. The van der Waals surface area contributed by atoms with Crippen LogP contribution in [0.4, 0.5) is 0 Å². The van der Waals surface area contributed by atoms with E-state index in [0.29, 0.717) is 0 Å². The van der Waals surface area contributed by atoms with Gasteiger partial charge in [0.15, 0.2) is 0 Å². The molecule has 0 amide bonds. The van der Waals surface area contributed by atoms with Crippen molar-refractivity contribution < 1.29 is 5.11 Å². The fourth-order valence-corrected chi connectivity index (χ4v) is 1.90. The lowest BCUT2D eigenvalue weighted by Gasteiger charge is -2.06. The molecule has 3 nitrogen and oxygen atoms in total. The Bertz CT molecular complexity index is 450. The number of aliphatic hydroxyl groups excluding tert-OH is 1. The van der Waals surface area contributed by atoms with Gasteiger partial charge in [-0.2, -0.15) is 0 Å². The first-order chi connectivity index (χ1) is 8.29. The second-order valence-electron chi connectivity index (χ2n) is 4.28. The van der Waals surface area contributed by atoms with Crippen LogP contribution in [0.3, 0.4) is 0 Å².